The molecule has 0 aliphatic rings. The van der Waals surface area contributed by atoms with Gasteiger partial charge in [-0.15, -0.1) is 0 Å². The lowest BCUT2D eigenvalue weighted by Gasteiger charge is -2.16. The van der Waals surface area contributed by atoms with E-state index in [0.717, 1.165) is 11.3 Å². The fourth-order valence-electron chi connectivity index (χ4n) is 2.68. The van der Waals surface area contributed by atoms with E-state index in [2.05, 4.69) is 5.32 Å². The SMILES string of the molecule is CCOc1cc(CNc2ccc(F)cc2)c(Cl)cc1OCc1c(Cl)cccc1Cl. The van der Waals surface area contributed by atoms with Gasteiger partial charge in [0.2, 0.25) is 0 Å². The Morgan fingerprint density at radius 3 is 2.17 bits per heavy atom. The van der Waals surface area contributed by atoms with E-state index in [0.29, 0.717) is 45.3 Å². The second-order valence-electron chi connectivity index (χ2n) is 6.17. The van der Waals surface area contributed by atoms with E-state index in [1.165, 1.54) is 12.1 Å². The third-order valence-corrected chi connectivity index (χ3v) is 5.23. The number of nitrogens with one attached hydrogen (secondary N) is 1. The number of halogens is 4. The maximum absolute atomic E-state index is 13.0. The summed E-state index contributed by atoms with van der Waals surface area (Å²) in [5.74, 6) is 0.779. The molecule has 0 radical (unpaired) electrons. The maximum Gasteiger partial charge on any atom is 0.163 e. The van der Waals surface area contributed by atoms with Crippen LogP contribution in [0.1, 0.15) is 18.1 Å². The predicted octanol–water partition coefficient (Wildman–Crippen LogP) is 7.38. The number of anilines is 1. The van der Waals surface area contributed by atoms with E-state index in [1.54, 1.807) is 36.4 Å². The molecule has 3 rings (SSSR count). The summed E-state index contributed by atoms with van der Waals surface area (Å²) < 4.78 is 24.7. The average molecular weight is 455 g/mol. The van der Waals surface area contributed by atoms with Crippen molar-refractivity contribution in [3.8, 4) is 11.5 Å². The van der Waals surface area contributed by atoms with Gasteiger partial charge in [-0.05, 0) is 55.0 Å². The molecule has 0 amide bonds. The highest BCUT2D eigenvalue weighted by molar-refractivity contribution is 6.36. The average Bonchev–Trinajstić information content (AvgIpc) is 2.69. The van der Waals surface area contributed by atoms with Crippen molar-refractivity contribution in [3.05, 3.63) is 86.6 Å². The predicted molar refractivity (Wildman–Crippen MR) is 117 cm³/mol. The highest BCUT2D eigenvalue weighted by Crippen LogP contribution is 2.35. The molecule has 29 heavy (non-hydrogen) atoms. The Kier molecular flexibility index (Phi) is 7.48. The summed E-state index contributed by atoms with van der Waals surface area (Å²) in [6.45, 7) is 2.98. The highest BCUT2D eigenvalue weighted by Gasteiger charge is 2.13. The van der Waals surface area contributed by atoms with Gasteiger partial charge < -0.3 is 14.8 Å². The quantitative estimate of drug-likeness (QED) is 0.385. The van der Waals surface area contributed by atoms with Crippen LogP contribution in [0.25, 0.3) is 0 Å². The van der Waals surface area contributed by atoms with Crippen molar-refractivity contribution in [1.29, 1.82) is 0 Å². The third kappa shape index (κ3) is 5.69. The summed E-state index contributed by atoms with van der Waals surface area (Å²) in [7, 11) is 0. The minimum atomic E-state index is -0.285. The van der Waals surface area contributed by atoms with Crippen LogP contribution in [0.15, 0.2) is 54.6 Å². The normalized spacial score (nSPS) is 10.7. The van der Waals surface area contributed by atoms with Crippen molar-refractivity contribution < 1.29 is 13.9 Å². The number of ether oxygens (including phenoxy) is 2. The molecule has 152 valence electrons. The summed E-state index contributed by atoms with van der Waals surface area (Å²) in [6, 6.07) is 14.9. The van der Waals surface area contributed by atoms with Crippen molar-refractivity contribution in [2.75, 3.05) is 11.9 Å². The van der Waals surface area contributed by atoms with Crippen LogP contribution in [0.5, 0.6) is 11.5 Å². The van der Waals surface area contributed by atoms with Crippen LogP contribution in [0.3, 0.4) is 0 Å². The summed E-state index contributed by atoms with van der Waals surface area (Å²) in [5.41, 5.74) is 2.30. The Balaban J connectivity index is 1.77. The summed E-state index contributed by atoms with van der Waals surface area (Å²) in [4.78, 5) is 0. The van der Waals surface area contributed by atoms with E-state index in [1.807, 2.05) is 13.0 Å². The van der Waals surface area contributed by atoms with E-state index in [-0.39, 0.29) is 12.4 Å². The molecule has 0 heterocycles. The van der Waals surface area contributed by atoms with Crippen molar-refractivity contribution in [1.82, 2.24) is 0 Å². The van der Waals surface area contributed by atoms with Gasteiger partial charge >= 0.3 is 0 Å². The molecule has 0 bridgehead atoms. The molecule has 0 saturated carbocycles. The smallest absolute Gasteiger partial charge is 0.163 e. The first kappa shape index (κ1) is 21.6. The molecule has 1 N–H and O–H groups in total. The molecule has 0 atom stereocenters. The first-order valence-electron chi connectivity index (χ1n) is 8.98. The first-order valence-corrected chi connectivity index (χ1v) is 10.1. The van der Waals surface area contributed by atoms with Crippen LogP contribution in [0.4, 0.5) is 10.1 Å². The van der Waals surface area contributed by atoms with E-state index in [4.69, 9.17) is 44.3 Å². The van der Waals surface area contributed by atoms with Gasteiger partial charge in [-0.2, -0.15) is 0 Å². The van der Waals surface area contributed by atoms with Gasteiger partial charge in [-0.3, -0.25) is 0 Å². The number of hydrogen-bond donors (Lipinski definition) is 1. The molecule has 0 aliphatic heterocycles. The summed E-state index contributed by atoms with van der Waals surface area (Å²) in [6.07, 6.45) is 0. The molecule has 0 spiro atoms. The van der Waals surface area contributed by atoms with Crippen molar-refractivity contribution in [2.24, 2.45) is 0 Å². The molecule has 7 heteroatoms. The molecule has 0 aliphatic carbocycles. The van der Waals surface area contributed by atoms with Gasteiger partial charge in [0.15, 0.2) is 11.5 Å². The van der Waals surface area contributed by atoms with Gasteiger partial charge in [-0.1, -0.05) is 40.9 Å². The first-order chi connectivity index (χ1) is 14.0. The van der Waals surface area contributed by atoms with E-state index < -0.39 is 0 Å². The lowest BCUT2D eigenvalue weighted by atomic mass is 10.2. The maximum atomic E-state index is 13.0. The zero-order valence-electron chi connectivity index (χ0n) is 15.6. The standard InChI is InChI=1S/C22H19Cl3FNO2/c1-2-28-21-10-14(12-27-16-8-6-15(26)7-9-16)20(25)11-22(21)29-13-17-18(23)4-3-5-19(17)24/h3-11,27H,2,12-13H2,1H3. The van der Waals surface area contributed by atoms with Crippen LogP contribution < -0.4 is 14.8 Å². The Hall–Kier alpha value is -2.14. The lowest BCUT2D eigenvalue weighted by molar-refractivity contribution is 0.269. The number of rotatable bonds is 8. The number of hydrogen-bond acceptors (Lipinski definition) is 3. The van der Waals surface area contributed by atoms with Crippen LogP contribution >= 0.6 is 34.8 Å². The largest absolute Gasteiger partial charge is 0.490 e. The Labute approximate surface area is 184 Å². The van der Waals surface area contributed by atoms with Crippen LogP contribution in [-0.4, -0.2) is 6.61 Å². The second kappa shape index (κ2) is 10.1. The van der Waals surface area contributed by atoms with Crippen molar-refractivity contribution >= 4 is 40.5 Å². The minimum absolute atomic E-state index is 0.183. The molecule has 0 saturated heterocycles. The van der Waals surface area contributed by atoms with Gasteiger partial charge in [0, 0.05) is 38.9 Å². The van der Waals surface area contributed by atoms with Crippen molar-refractivity contribution in [2.45, 2.75) is 20.1 Å². The van der Waals surface area contributed by atoms with Gasteiger partial charge in [-0.25, -0.2) is 4.39 Å². The molecule has 0 unspecified atom stereocenters. The fraction of sp³-hybridized carbons (Fsp3) is 0.182. The highest BCUT2D eigenvalue weighted by atomic mass is 35.5. The van der Waals surface area contributed by atoms with Crippen LogP contribution in [0.2, 0.25) is 15.1 Å². The molecule has 0 fully saturated rings. The fourth-order valence-corrected chi connectivity index (χ4v) is 3.41. The Morgan fingerprint density at radius 1 is 0.862 bits per heavy atom. The van der Waals surface area contributed by atoms with Crippen molar-refractivity contribution in [3.63, 3.8) is 0 Å². The van der Waals surface area contributed by atoms with E-state index in [9.17, 15) is 4.39 Å². The zero-order valence-corrected chi connectivity index (χ0v) is 17.9. The lowest BCUT2D eigenvalue weighted by Crippen LogP contribution is -2.04. The summed E-state index contributed by atoms with van der Waals surface area (Å²) >= 11 is 18.9. The monoisotopic (exact) mass is 453 g/mol. The number of benzene rings is 3. The van der Waals surface area contributed by atoms with Gasteiger partial charge in [0.1, 0.15) is 12.4 Å². The third-order valence-electron chi connectivity index (χ3n) is 4.17. The van der Waals surface area contributed by atoms with Gasteiger partial charge in [0.25, 0.3) is 0 Å². The van der Waals surface area contributed by atoms with E-state index >= 15 is 0 Å². The zero-order chi connectivity index (χ0) is 20.8. The molecule has 3 aromatic rings. The van der Waals surface area contributed by atoms with Gasteiger partial charge in [0.05, 0.1) is 6.61 Å². The van der Waals surface area contributed by atoms with Crippen LogP contribution in [0, 0.1) is 5.82 Å². The minimum Gasteiger partial charge on any atom is -0.490 e. The second-order valence-corrected chi connectivity index (χ2v) is 7.39. The topological polar surface area (TPSA) is 30.5 Å². The summed E-state index contributed by atoms with van der Waals surface area (Å²) in [5, 5.41) is 4.78. The molecular weight excluding hydrogens is 436 g/mol. The molecular formula is C22H19Cl3FNO2. The molecule has 3 aromatic carbocycles. The van der Waals surface area contributed by atoms with Crippen LogP contribution in [-0.2, 0) is 13.2 Å². The Morgan fingerprint density at radius 2 is 1.52 bits per heavy atom. The molecule has 0 aromatic heterocycles. The molecule has 3 nitrogen and oxygen atoms in total. The Bertz CT molecular complexity index is 960.